The first kappa shape index (κ1) is 11.4. The van der Waals surface area contributed by atoms with Crippen molar-refractivity contribution in [1.82, 2.24) is 4.98 Å². The maximum absolute atomic E-state index is 10.6. The van der Waals surface area contributed by atoms with Crippen LogP contribution in [0.15, 0.2) is 18.3 Å². The van der Waals surface area contributed by atoms with E-state index in [4.69, 9.17) is 5.73 Å². The summed E-state index contributed by atoms with van der Waals surface area (Å²) in [5.74, 6) is -0.166. The normalized spacial score (nSPS) is 12.1. The number of pyridine rings is 1. The molecule has 0 radical (unpaired) electrons. The van der Waals surface area contributed by atoms with Gasteiger partial charge in [-0.05, 0) is 28.5 Å². The highest BCUT2D eigenvalue weighted by molar-refractivity contribution is 5.56. The minimum Gasteiger partial charge on any atom is -0.377 e. The van der Waals surface area contributed by atoms with Crippen molar-refractivity contribution >= 4 is 11.5 Å². The molecule has 0 aliphatic carbocycles. The summed E-state index contributed by atoms with van der Waals surface area (Å²) in [4.78, 5) is 13.8. The zero-order valence-corrected chi connectivity index (χ0v) is 8.51. The molecule has 1 atom stereocenters. The van der Waals surface area contributed by atoms with Gasteiger partial charge in [-0.15, -0.1) is 0 Å². The molecule has 1 heterocycles. The first-order chi connectivity index (χ1) is 7.15. The van der Waals surface area contributed by atoms with Crippen LogP contribution in [0.5, 0.6) is 0 Å². The Morgan fingerprint density at radius 3 is 3.07 bits per heavy atom. The van der Waals surface area contributed by atoms with Crippen LogP contribution < -0.4 is 11.1 Å². The van der Waals surface area contributed by atoms with Gasteiger partial charge in [0.2, 0.25) is 0 Å². The van der Waals surface area contributed by atoms with Crippen LogP contribution in [0, 0.1) is 10.1 Å². The first-order valence-electron chi connectivity index (χ1n) is 4.74. The topological polar surface area (TPSA) is 94.1 Å². The number of hydrogen-bond acceptors (Lipinski definition) is 5. The number of nitrogens with two attached hydrogens (primary N) is 1. The van der Waals surface area contributed by atoms with Crippen LogP contribution in [-0.4, -0.2) is 22.5 Å². The van der Waals surface area contributed by atoms with Gasteiger partial charge < -0.3 is 21.2 Å². The highest BCUT2D eigenvalue weighted by Crippen LogP contribution is 2.19. The lowest BCUT2D eigenvalue weighted by Crippen LogP contribution is -2.28. The van der Waals surface area contributed by atoms with E-state index >= 15 is 0 Å². The summed E-state index contributed by atoms with van der Waals surface area (Å²) in [6, 6.07) is 3.25. The van der Waals surface area contributed by atoms with E-state index in [9.17, 15) is 10.1 Å². The third-order valence-corrected chi connectivity index (χ3v) is 2.04. The Balaban J connectivity index is 2.72. The van der Waals surface area contributed by atoms with Gasteiger partial charge in [-0.25, -0.2) is 0 Å². The van der Waals surface area contributed by atoms with Gasteiger partial charge in [0, 0.05) is 12.6 Å². The van der Waals surface area contributed by atoms with Crippen LogP contribution in [0.1, 0.15) is 13.3 Å². The van der Waals surface area contributed by atoms with Gasteiger partial charge in [-0.1, -0.05) is 6.92 Å². The van der Waals surface area contributed by atoms with Crippen molar-refractivity contribution in [2.45, 2.75) is 19.4 Å². The number of anilines is 1. The Morgan fingerprint density at radius 2 is 2.47 bits per heavy atom. The third-order valence-electron chi connectivity index (χ3n) is 2.04. The molecule has 1 aromatic rings. The van der Waals surface area contributed by atoms with E-state index < -0.39 is 4.92 Å². The van der Waals surface area contributed by atoms with Gasteiger partial charge in [0.15, 0.2) is 0 Å². The minimum atomic E-state index is -0.514. The molecule has 0 amide bonds. The second-order valence-corrected chi connectivity index (χ2v) is 3.18. The molecule has 1 rings (SSSR count). The van der Waals surface area contributed by atoms with Crippen LogP contribution in [-0.2, 0) is 0 Å². The predicted octanol–water partition coefficient (Wildman–Crippen LogP) is 1.14. The molecular weight excluding hydrogens is 196 g/mol. The lowest BCUT2D eigenvalue weighted by Gasteiger charge is -2.10. The van der Waals surface area contributed by atoms with Gasteiger partial charge in [0.05, 0.1) is 0 Å². The number of hydrogen-bond donors (Lipinski definition) is 2. The minimum absolute atomic E-state index is 0.00943. The number of rotatable bonds is 5. The van der Waals surface area contributed by atoms with E-state index in [-0.39, 0.29) is 11.9 Å². The SMILES string of the molecule is CCC(N)CNc1cccnc1[N+](=O)[O-]. The summed E-state index contributed by atoms with van der Waals surface area (Å²) in [6.45, 7) is 2.47. The quantitative estimate of drug-likeness (QED) is 0.561. The van der Waals surface area contributed by atoms with Crippen LogP contribution in [0.25, 0.3) is 0 Å². The van der Waals surface area contributed by atoms with E-state index in [1.807, 2.05) is 6.92 Å². The molecule has 3 N–H and O–H groups in total. The van der Waals surface area contributed by atoms with Gasteiger partial charge in [0.1, 0.15) is 11.9 Å². The monoisotopic (exact) mass is 210 g/mol. The second-order valence-electron chi connectivity index (χ2n) is 3.18. The summed E-state index contributed by atoms with van der Waals surface area (Å²) >= 11 is 0. The average Bonchev–Trinajstić information content (AvgIpc) is 2.26. The molecule has 1 aromatic heterocycles. The second kappa shape index (κ2) is 5.26. The van der Waals surface area contributed by atoms with Gasteiger partial charge in [0.25, 0.3) is 0 Å². The molecule has 0 fully saturated rings. The van der Waals surface area contributed by atoms with Crippen molar-refractivity contribution < 1.29 is 4.92 Å². The van der Waals surface area contributed by atoms with Crippen molar-refractivity contribution in [2.24, 2.45) is 5.73 Å². The largest absolute Gasteiger partial charge is 0.386 e. The predicted molar refractivity (Wildman–Crippen MR) is 57.6 cm³/mol. The highest BCUT2D eigenvalue weighted by atomic mass is 16.6. The van der Waals surface area contributed by atoms with E-state index in [0.717, 1.165) is 6.42 Å². The average molecular weight is 210 g/mol. The van der Waals surface area contributed by atoms with Crippen molar-refractivity contribution in [3.8, 4) is 0 Å². The lowest BCUT2D eigenvalue weighted by molar-refractivity contribution is -0.388. The van der Waals surface area contributed by atoms with Crippen LogP contribution >= 0.6 is 0 Å². The van der Waals surface area contributed by atoms with Crippen molar-refractivity contribution in [2.75, 3.05) is 11.9 Å². The maximum Gasteiger partial charge on any atom is 0.386 e. The van der Waals surface area contributed by atoms with Crippen LogP contribution in [0.3, 0.4) is 0 Å². The zero-order valence-electron chi connectivity index (χ0n) is 8.51. The molecule has 0 saturated heterocycles. The van der Waals surface area contributed by atoms with Gasteiger partial charge in [-0.3, -0.25) is 0 Å². The molecule has 1 unspecified atom stereocenters. The molecule has 0 aliphatic rings. The Hall–Kier alpha value is -1.69. The van der Waals surface area contributed by atoms with E-state index in [1.165, 1.54) is 6.20 Å². The van der Waals surface area contributed by atoms with Gasteiger partial charge >= 0.3 is 5.82 Å². The number of nitro groups is 1. The molecule has 0 bridgehead atoms. The molecule has 0 aliphatic heterocycles. The fraction of sp³-hybridized carbons (Fsp3) is 0.444. The number of aromatic nitrogens is 1. The van der Waals surface area contributed by atoms with Crippen molar-refractivity contribution in [3.05, 3.63) is 28.4 Å². The Kier molecular flexibility index (Phi) is 3.99. The summed E-state index contributed by atoms with van der Waals surface area (Å²) in [5.41, 5.74) is 6.10. The Morgan fingerprint density at radius 1 is 1.73 bits per heavy atom. The summed E-state index contributed by atoms with van der Waals surface area (Å²) in [6.07, 6.45) is 2.21. The zero-order chi connectivity index (χ0) is 11.3. The number of nitrogens with one attached hydrogen (secondary N) is 1. The van der Waals surface area contributed by atoms with E-state index in [0.29, 0.717) is 12.2 Å². The Labute approximate surface area is 87.7 Å². The lowest BCUT2D eigenvalue weighted by atomic mass is 10.2. The summed E-state index contributed by atoms with van der Waals surface area (Å²) < 4.78 is 0. The molecule has 0 saturated carbocycles. The molecule has 6 nitrogen and oxygen atoms in total. The summed E-state index contributed by atoms with van der Waals surface area (Å²) in [7, 11) is 0. The maximum atomic E-state index is 10.6. The number of nitrogens with zero attached hydrogens (tertiary/aromatic N) is 2. The van der Waals surface area contributed by atoms with Crippen LogP contribution in [0.2, 0.25) is 0 Å². The third kappa shape index (κ3) is 3.17. The molecule has 15 heavy (non-hydrogen) atoms. The molecule has 6 heteroatoms. The van der Waals surface area contributed by atoms with Gasteiger partial charge in [-0.2, -0.15) is 0 Å². The molecular formula is C9H14N4O2. The smallest absolute Gasteiger partial charge is 0.377 e. The molecule has 82 valence electrons. The van der Waals surface area contributed by atoms with Crippen LogP contribution in [0.4, 0.5) is 11.5 Å². The Bertz CT molecular complexity index is 343. The molecule has 0 spiro atoms. The first-order valence-corrected chi connectivity index (χ1v) is 4.74. The standard InChI is InChI=1S/C9H14N4O2/c1-2-7(10)6-12-8-4-3-5-11-9(8)13(14)15/h3-5,7,12H,2,6,10H2,1H3. The van der Waals surface area contributed by atoms with Crippen molar-refractivity contribution in [3.63, 3.8) is 0 Å². The molecule has 0 aromatic carbocycles. The van der Waals surface area contributed by atoms with E-state index in [2.05, 4.69) is 10.3 Å². The van der Waals surface area contributed by atoms with E-state index in [1.54, 1.807) is 12.1 Å². The fourth-order valence-electron chi connectivity index (χ4n) is 1.07. The highest BCUT2D eigenvalue weighted by Gasteiger charge is 2.13. The fourth-order valence-corrected chi connectivity index (χ4v) is 1.07. The van der Waals surface area contributed by atoms with Crippen molar-refractivity contribution in [1.29, 1.82) is 0 Å². The summed E-state index contributed by atoms with van der Waals surface area (Å²) in [5, 5.41) is 13.5.